The molecule has 0 aliphatic heterocycles. The Hall–Kier alpha value is -0.160. The molecule has 14 heavy (non-hydrogen) atoms. The van der Waals surface area contributed by atoms with Gasteiger partial charge in [0.2, 0.25) is 5.95 Å². The molecule has 0 aliphatic carbocycles. The van der Waals surface area contributed by atoms with Gasteiger partial charge in [0.05, 0.1) is 10.2 Å². The van der Waals surface area contributed by atoms with Crippen LogP contribution in [-0.4, -0.2) is 28.4 Å². The van der Waals surface area contributed by atoms with E-state index in [0.29, 0.717) is 4.83 Å². The van der Waals surface area contributed by atoms with Crippen molar-refractivity contribution in [3.8, 4) is 0 Å². The minimum absolute atomic E-state index is 0.431. The van der Waals surface area contributed by atoms with Crippen LogP contribution in [0.5, 0.6) is 0 Å². The van der Waals surface area contributed by atoms with E-state index in [-0.39, 0.29) is 0 Å². The summed E-state index contributed by atoms with van der Waals surface area (Å²) in [5, 5.41) is 0. The van der Waals surface area contributed by atoms with Gasteiger partial charge < -0.3 is 4.90 Å². The molecule has 1 heterocycles. The molecule has 0 aromatic carbocycles. The van der Waals surface area contributed by atoms with Gasteiger partial charge >= 0.3 is 0 Å². The van der Waals surface area contributed by atoms with Crippen molar-refractivity contribution in [3.05, 3.63) is 16.4 Å². The number of hydrogen-bond acceptors (Lipinski definition) is 3. The number of halogens is 2. The van der Waals surface area contributed by atoms with E-state index >= 15 is 0 Å². The normalized spacial score (nSPS) is 12.6. The standard InChI is InChI=1S/C9H13Br2N3/c1-6(10)5-14(3)9-12-4-8(11)7(2)13-9/h4,6H,5H2,1-3H3. The van der Waals surface area contributed by atoms with Crippen molar-refractivity contribution in [1.82, 2.24) is 9.97 Å². The fourth-order valence-corrected chi connectivity index (χ4v) is 1.71. The van der Waals surface area contributed by atoms with Crippen LogP contribution in [0.4, 0.5) is 5.95 Å². The highest BCUT2D eigenvalue weighted by Crippen LogP contribution is 2.15. The summed E-state index contributed by atoms with van der Waals surface area (Å²) in [6, 6.07) is 0. The number of hydrogen-bond donors (Lipinski definition) is 0. The average molecular weight is 323 g/mol. The molecule has 0 amide bonds. The Labute approximate surface area is 101 Å². The summed E-state index contributed by atoms with van der Waals surface area (Å²) in [4.78, 5) is 11.1. The van der Waals surface area contributed by atoms with E-state index in [9.17, 15) is 0 Å². The van der Waals surface area contributed by atoms with Crippen molar-refractivity contribution in [2.45, 2.75) is 18.7 Å². The molecule has 1 unspecified atom stereocenters. The Balaban J connectivity index is 2.80. The topological polar surface area (TPSA) is 29.0 Å². The molecule has 0 fully saturated rings. The molecule has 5 heteroatoms. The van der Waals surface area contributed by atoms with Crippen molar-refractivity contribution in [3.63, 3.8) is 0 Å². The second-order valence-corrected chi connectivity index (χ2v) is 5.68. The third-order valence-electron chi connectivity index (χ3n) is 1.77. The van der Waals surface area contributed by atoms with E-state index in [1.54, 1.807) is 6.20 Å². The van der Waals surface area contributed by atoms with Gasteiger partial charge in [-0.2, -0.15) is 0 Å². The Morgan fingerprint density at radius 3 is 2.71 bits per heavy atom. The van der Waals surface area contributed by atoms with Crippen molar-refractivity contribution in [2.75, 3.05) is 18.5 Å². The van der Waals surface area contributed by atoms with Gasteiger partial charge in [-0.1, -0.05) is 22.9 Å². The van der Waals surface area contributed by atoms with Crippen molar-refractivity contribution >= 4 is 37.8 Å². The first-order valence-electron chi connectivity index (χ1n) is 4.35. The molecule has 0 saturated carbocycles. The first-order chi connectivity index (χ1) is 6.50. The van der Waals surface area contributed by atoms with Crippen LogP contribution in [0.15, 0.2) is 10.7 Å². The highest BCUT2D eigenvalue weighted by atomic mass is 79.9. The number of alkyl halides is 1. The monoisotopic (exact) mass is 321 g/mol. The molecule has 1 aromatic rings. The van der Waals surface area contributed by atoms with E-state index in [4.69, 9.17) is 0 Å². The maximum absolute atomic E-state index is 4.37. The second-order valence-electron chi connectivity index (χ2n) is 3.26. The quantitative estimate of drug-likeness (QED) is 0.801. The van der Waals surface area contributed by atoms with Gasteiger partial charge in [0, 0.05) is 24.6 Å². The molecule has 0 bridgehead atoms. The van der Waals surface area contributed by atoms with Crippen LogP contribution in [0.25, 0.3) is 0 Å². The molecule has 78 valence electrons. The maximum atomic E-state index is 4.37. The summed E-state index contributed by atoms with van der Waals surface area (Å²) in [7, 11) is 1.99. The number of nitrogens with zero attached hydrogens (tertiary/aromatic N) is 3. The SMILES string of the molecule is Cc1nc(N(C)CC(C)Br)ncc1Br. The second kappa shape index (κ2) is 5.07. The van der Waals surface area contributed by atoms with Crippen LogP contribution in [0.2, 0.25) is 0 Å². The lowest BCUT2D eigenvalue weighted by atomic mass is 10.4. The highest BCUT2D eigenvalue weighted by molar-refractivity contribution is 9.10. The fourth-order valence-electron chi connectivity index (χ4n) is 1.08. The summed E-state index contributed by atoms with van der Waals surface area (Å²) in [5.74, 6) is 0.761. The number of anilines is 1. The van der Waals surface area contributed by atoms with Crippen molar-refractivity contribution in [2.24, 2.45) is 0 Å². The first-order valence-corrected chi connectivity index (χ1v) is 6.06. The van der Waals surface area contributed by atoms with E-state index in [1.807, 2.05) is 18.9 Å². The minimum atomic E-state index is 0.431. The van der Waals surface area contributed by atoms with Crippen LogP contribution in [0.3, 0.4) is 0 Å². The summed E-state index contributed by atoms with van der Waals surface area (Å²) < 4.78 is 0.946. The summed E-state index contributed by atoms with van der Waals surface area (Å²) in [6.07, 6.45) is 1.78. The zero-order valence-corrected chi connectivity index (χ0v) is 11.6. The van der Waals surface area contributed by atoms with Gasteiger partial charge in [0.1, 0.15) is 0 Å². The van der Waals surface area contributed by atoms with Gasteiger partial charge in [-0.3, -0.25) is 0 Å². The molecule has 0 spiro atoms. The van der Waals surface area contributed by atoms with E-state index in [0.717, 1.165) is 22.7 Å². The Kier molecular flexibility index (Phi) is 4.31. The van der Waals surface area contributed by atoms with Crippen molar-refractivity contribution < 1.29 is 0 Å². The predicted molar refractivity (Wildman–Crippen MR) is 66.1 cm³/mol. The molecule has 1 rings (SSSR count). The molecular weight excluding hydrogens is 310 g/mol. The first kappa shape index (κ1) is 11.9. The Morgan fingerprint density at radius 1 is 1.57 bits per heavy atom. The Morgan fingerprint density at radius 2 is 2.21 bits per heavy atom. The van der Waals surface area contributed by atoms with E-state index < -0.39 is 0 Å². The number of aromatic nitrogens is 2. The molecule has 3 nitrogen and oxygen atoms in total. The van der Waals surface area contributed by atoms with Gasteiger partial charge in [0.25, 0.3) is 0 Å². The third kappa shape index (κ3) is 3.20. The van der Waals surface area contributed by atoms with Crippen LogP contribution >= 0.6 is 31.9 Å². The van der Waals surface area contributed by atoms with Crippen molar-refractivity contribution in [1.29, 1.82) is 0 Å². The number of rotatable bonds is 3. The van der Waals surface area contributed by atoms with Crippen LogP contribution in [-0.2, 0) is 0 Å². The summed E-state index contributed by atoms with van der Waals surface area (Å²) >= 11 is 6.88. The minimum Gasteiger partial charge on any atom is -0.343 e. The van der Waals surface area contributed by atoms with Gasteiger partial charge in [0.15, 0.2) is 0 Å². The molecule has 0 aliphatic rings. The lowest BCUT2D eigenvalue weighted by molar-refractivity contribution is 0.832. The van der Waals surface area contributed by atoms with Gasteiger partial charge in [-0.05, 0) is 22.9 Å². The van der Waals surface area contributed by atoms with Gasteiger partial charge in [-0.15, -0.1) is 0 Å². The lowest BCUT2D eigenvalue weighted by Crippen LogP contribution is -2.25. The predicted octanol–water partition coefficient (Wildman–Crippen LogP) is 2.77. The molecule has 0 N–H and O–H groups in total. The Bertz CT molecular complexity index is 315. The van der Waals surface area contributed by atoms with Crippen LogP contribution in [0.1, 0.15) is 12.6 Å². The van der Waals surface area contributed by atoms with Gasteiger partial charge in [-0.25, -0.2) is 9.97 Å². The summed E-state index contributed by atoms with van der Waals surface area (Å²) in [6.45, 7) is 4.95. The molecule has 1 atom stereocenters. The van der Waals surface area contributed by atoms with Crippen LogP contribution in [0, 0.1) is 6.92 Å². The molecular formula is C9H13Br2N3. The largest absolute Gasteiger partial charge is 0.343 e. The third-order valence-corrected chi connectivity index (χ3v) is 2.84. The lowest BCUT2D eigenvalue weighted by Gasteiger charge is -2.18. The zero-order valence-electron chi connectivity index (χ0n) is 8.46. The zero-order chi connectivity index (χ0) is 10.7. The van der Waals surface area contributed by atoms with Crippen LogP contribution < -0.4 is 4.90 Å². The van der Waals surface area contributed by atoms with E-state index in [1.165, 1.54) is 0 Å². The highest BCUT2D eigenvalue weighted by Gasteiger charge is 2.08. The molecule has 1 aromatic heterocycles. The average Bonchev–Trinajstić information content (AvgIpc) is 2.08. The smallest absolute Gasteiger partial charge is 0.225 e. The molecule has 0 radical (unpaired) electrons. The number of aryl methyl sites for hydroxylation is 1. The molecule has 0 saturated heterocycles. The summed E-state index contributed by atoms with van der Waals surface area (Å²) in [5.41, 5.74) is 0.962. The maximum Gasteiger partial charge on any atom is 0.225 e. The fraction of sp³-hybridized carbons (Fsp3) is 0.556. The van der Waals surface area contributed by atoms with E-state index in [2.05, 4.69) is 48.8 Å².